The van der Waals surface area contributed by atoms with Crippen molar-refractivity contribution in [1.82, 2.24) is 5.32 Å². The minimum atomic E-state index is -0.109. The molecule has 2 aromatic rings. The SMILES string of the molecule is CNC(=O)Cc1cccc(CO)c1COc1ccc(C)cc1Cl. The maximum atomic E-state index is 11.7. The molecule has 0 spiro atoms. The third-order valence-electron chi connectivity index (χ3n) is 3.63. The highest BCUT2D eigenvalue weighted by Crippen LogP contribution is 2.27. The number of carbonyl (C=O) groups is 1. The molecule has 0 saturated carbocycles. The van der Waals surface area contributed by atoms with Crippen molar-refractivity contribution in [1.29, 1.82) is 0 Å². The van der Waals surface area contributed by atoms with Gasteiger partial charge in [0.1, 0.15) is 12.4 Å². The standard InChI is InChI=1S/C18H20ClNO3/c1-12-6-7-17(16(19)8-12)23-11-15-13(9-18(22)20-2)4-3-5-14(15)10-21/h3-8,21H,9-11H2,1-2H3,(H,20,22). The van der Waals surface area contributed by atoms with Crippen LogP contribution in [0.4, 0.5) is 0 Å². The Morgan fingerprint density at radius 3 is 2.65 bits per heavy atom. The van der Waals surface area contributed by atoms with Crippen LogP contribution in [-0.2, 0) is 24.4 Å². The fourth-order valence-corrected chi connectivity index (χ4v) is 2.61. The van der Waals surface area contributed by atoms with Crippen LogP contribution in [0.3, 0.4) is 0 Å². The van der Waals surface area contributed by atoms with E-state index in [4.69, 9.17) is 16.3 Å². The zero-order chi connectivity index (χ0) is 16.8. The molecule has 0 atom stereocenters. The van der Waals surface area contributed by atoms with Gasteiger partial charge in [0.15, 0.2) is 0 Å². The Hall–Kier alpha value is -2.04. The zero-order valence-electron chi connectivity index (χ0n) is 13.2. The number of aliphatic hydroxyl groups is 1. The van der Waals surface area contributed by atoms with E-state index in [1.54, 1.807) is 7.05 Å². The number of halogens is 1. The van der Waals surface area contributed by atoms with Gasteiger partial charge in [-0.15, -0.1) is 0 Å². The summed E-state index contributed by atoms with van der Waals surface area (Å²) in [5.74, 6) is 0.491. The lowest BCUT2D eigenvalue weighted by molar-refractivity contribution is -0.119. The Labute approximate surface area is 141 Å². The first-order chi connectivity index (χ1) is 11.0. The average molecular weight is 334 g/mol. The molecule has 0 unspecified atom stereocenters. The van der Waals surface area contributed by atoms with Crippen LogP contribution in [0.1, 0.15) is 22.3 Å². The summed E-state index contributed by atoms with van der Waals surface area (Å²) >= 11 is 6.18. The number of nitrogens with one attached hydrogen (secondary N) is 1. The second-order valence-electron chi connectivity index (χ2n) is 5.29. The summed E-state index contributed by atoms with van der Waals surface area (Å²) in [6, 6.07) is 11.1. The molecule has 2 rings (SSSR count). The van der Waals surface area contributed by atoms with E-state index in [1.165, 1.54) is 0 Å². The van der Waals surface area contributed by atoms with Crippen LogP contribution < -0.4 is 10.1 Å². The number of benzene rings is 2. The Morgan fingerprint density at radius 2 is 2.00 bits per heavy atom. The maximum Gasteiger partial charge on any atom is 0.224 e. The highest BCUT2D eigenvalue weighted by molar-refractivity contribution is 6.32. The Morgan fingerprint density at radius 1 is 1.26 bits per heavy atom. The molecule has 0 fully saturated rings. The molecular weight excluding hydrogens is 314 g/mol. The Kier molecular flexibility index (Phi) is 6.02. The van der Waals surface area contributed by atoms with Gasteiger partial charge in [-0.3, -0.25) is 4.79 Å². The number of hydrogen-bond donors (Lipinski definition) is 2. The van der Waals surface area contributed by atoms with Crippen molar-refractivity contribution < 1.29 is 14.6 Å². The van der Waals surface area contributed by atoms with Gasteiger partial charge in [-0.25, -0.2) is 0 Å². The van der Waals surface area contributed by atoms with Crippen molar-refractivity contribution in [3.8, 4) is 5.75 Å². The maximum absolute atomic E-state index is 11.7. The minimum absolute atomic E-state index is 0.0882. The highest BCUT2D eigenvalue weighted by Gasteiger charge is 2.12. The molecule has 0 heterocycles. The summed E-state index contributed by atoms with van der Waals surface area (Å²) in [6.45, 7) is 2.09. The van der Waals surface area contributed by atoms with Crippen LogP contribution in [0.2, 0.25) is 5.02 Å². The van der Waals surface area contributed by atoms with Gasteiger partial charge in [-0.05, 0) is 41.3 Å². The molecule has 0 aliphatic heterocycles. The highest BCUT2D eigenvalue weighted by atomic mass is 35.5. The van der Waals surface area contributed by atoms with Gasteiger partial charge < -0.3 is 15.2 Å². The van der Waals surface area contributed by atoms with E-state index in [0.29, 0.717) is 10.8 Å². The summed E-state index contributed by atoms with van der Waals surface area (Å²) in [5.41, 5.74) is 3.45. The first-order valence-corrected chi connectivity index (χ1v) is 7.73. The summed E-state index contributed by atoms with van der Waals surface area (Å²) in [5, 5.41) is 12.7. The first kappa shape index (κ1) is 17.3. The molecule has 0 saturated heterocycles. The number of rotatable bonds is 6. The molecule has 0 radical (unpaired) electrons. The van der Waals surface area contributed by atoms with Crippen LogP contribution in [0.5, 0.6) is 5.75 Å². The first-order valence-electron chi connectivity index (χ1n) is 7.35. The number of ether oxygens (including phenoxy) is 1. The fraction of sp³-hybridized carbons (Fsp3) is 0.278. The van der Waals surface area contributed by atoms with Gasteiger partial charge in [0.05, 0.1) is 18.1 Å². The number of aliphatic hydroxyl groups excluding tert-OH is 1. The summed E-state index contributed by atoms with van der Waals surface area (Å²) < 4.78 is 5.80. The lowest BCUT2D eigenvalue weighted by Gasteiger charge is -2.15. The molecule has 122 valence electrons. The quantitative estimate of drug-likeness (QED) is 0.854. The van der Waals surface area contributed by atoms with Crippen LogP contribution in [0, 0.1) is 6.92 Å². The third kappa shape index (κ3) is 4.47. The molecule has 0 aliphatic rings. The second kappa shape index (κ2) is 7.99. The summed E-state index contributed by atoms with van der Waals surface area (Å²) in [4.78, 5) is 11.7. The van der Waals surface area contributed by atoms with Gasteiger partial charge in [0, 0.05) is 7.05 Å². The second-order valence-corrected chi connectivity index (χ2v) is 5.69. The van der Waals surface area contributed by atoms with Gasteiger partial charge >= 0.3 is 0 Å². The lowest BCUT2D eigenvalue weighted by Crippen LogP contribution is -2.21. The van der Waals surface area contributed by atoms with E-state index in [2.05, 4.69) is 5.32 Å². The van der Waals surface area contributed by atoms with Gasteiger partial charge in [-0.2, -0.15) is 0 Å². The van der Waals surface area contributed by atoms with Crippen molar-refractivity contribution in [3.05, 3.63) is 63.7 Å². The summed E-state index contributed by atoms with van der Waals surface area (Å²) in [6.07, 6.45) is 0.241. The predicted octanol–water partition coefficient (Wildman–Crippen LogP) is 3.01. The number of aryl methyl sites for hydroxylation is 1. The van der Waals surface area contributed by atoms with E-state index in [9.17, 15) is 9.90 Å². The Balaban J connectivity index is 2.24. The van der Waals surface area contributed by atoms with Crippen molar-refractivity contribution >= 4 is 17.5 Å². The molecule has 0 bridgehead atoms. The Bertz CT molecular complexity index is 701. The number of likely N-dealkylation sites (N-methyl/N-ethyl adjacent to an activating group) is 1. The van der Waals surface area contributed by atoms with Crippen molar-refractivity contribution in [2.45, 2.75) is 26.6 Å². The monoisotopic (exact) mass is 333 g/mol. The van der Waals surface area contributed by atoms with E-state index >= 15 is 0 Å². The molecule has 4 nitrogen and oxygen atoms in total. The van der Waals surface area contributed by atoms with Crippen LogP contribution in [0.15, 0.2) is 36.4 Å². The largest absolute Gasteiger partial charge is 0.487 e. The van der Waals surface area contributed by atoms with Crippen LogP contribution in [-0.4, -0.2) is 18.1 Å². The van der Waals surface area contributed by atoms with Crippen molar-refractivity contribution in [2.75, 3.05) is 7.05 Å². The van der Waals surface area contributed by atoms with Crippen LogP contribution in [0.25, 0.3) is 0 Å². The van der Waals surface area contributed by atoms with Crippen molar-refractivity contribution in [2.24, 2.45) is 0 Å². The van der Waals surface area contributed by atoms with Gasteiger partial charge in [0.2, 0.25) is 5.91 Å². The van der Waals surface area contributed by atoms with E-state index in [1.807, 2.05) is 43.3 Å². The minimum Gasteiger partial charge on any atom is -0.487 e. The number of amides is 1. The molecule has 0 aliphatic carbocycles. The van der Waals surface area contributed by atoms with E-state index < -0.39 is 0 Å². The molecule has 2 N–H and O–H groups in total. The molecule has 5 heteroatoms. The molecule has 2 aromatic carbocycles. The normalized spacial score (nSPS) is 10.4. The fourth-order valence-electron chi connectivity index (χ4n) is 2.32. The number of carbonyl (C=O) groups excluding carboxylic acids is 1. The van der Waals surface area contributed by atoms with E-state index in [-0.39, 0.29) is 25.5 Å². The molecule has 0 aromatic heterocycles. The molecule has 23 heavy (non-hydrogen) atoms. The van der Waals surface area contributed by atoms with Gasteiger partial charge in [0.25, 0.3) is 0 Å². The topological polar surface area (TPSA) is 58.6 Å². The molecule has 1 amide bonds. The summed E-state index contributed by atoms with van der Waals surface area (Å²) in [7, 11) is 1.60. The van der Waals surface area contributed by atoms with Crippen LogP contribution >= 0.6 is 11.6 Å². The zero-order valence-corrected chi connectivity index (χ0v) is 14.0. The number of hydrogen-bond acceptors (Lipinski definition) is 3. The van der Waals surface area contributed by atoms with E-state index in [0.717, 1.165) is 22.3 Å². The lowest BCUT2D eigenvalue weighted by atomic mass is 9.99. The average Bonchev–Trinajstić information content (AvgIpc) is 2.54. The van der Waals surface area contributed by atoms with Gasteiger partial charge in [-0.1, -0.05) is 35.9 Å². The third-order valence-corrected chi connectivity index (χ3v) is 3.93. The molecular formula is C18H20ClNO3. The predicted molar refractivity (Wildman–Crippen MR) is 90.7 cm³/mol. The van der Waals surface area contributed by atoms with Crippen molar-refractivity contribution in [3.63, 3.8) is 0 Å². The smallest absolute Gasteiger partial charge is 0.224 e.